The zero-order chi connectivity index (χ0) is 15.8. The molecule has 1 aliphatic heterocycles. The molecule has 2 aromatic carbocycles. The summed E-state index contributed by atoms with van der Waals surface area (Å²) >= 11 is 0. The van der Waals surface area contributed by atoms with Gasteiger partial charge in [0.2, 0.25) is 5.91 Å². The number of hydrogen-bond donors (Lipinski definition) is 2. The molecular formula is C19H18N2O2. The van der Waals surface area contributed by atoms with Gasteiger partial charge < -0.3 is 15.0 Å². The molecule has 0 unspecified atom stereocenters. The van der Waals surface area contributed by atoms with E-state index >= 15 is 0 Å². The van der Waals surface area contributed by atoms with Gasteiger partial charge in [0.15, 0.2) is 0 Å². The van der Waals surface area contributed by atoms with Crippen molar-refractivity contribution in [1.29, 1.82) is 0 Å². The molecule has 4 heteroatoms. The molecule has 1 atom stereocenters. The molecule has 23 heavy (non-hydrogen) atoms. The molecule has 0 radical (unpaired) electrons. The molecule has 4 rings (SSSR count). The van der Waals surface area contributed by atoms with Gasteiger partial charge in [-0.2, -0.15) is 0 Å². The second-order valence-corrected chi connectivity index (χ2v) is 5.81. The fourth-order valence-corrected chi connectivity index (χ4v) is 3.40. The number of fused-ring (bicyclic) bond motifs is 3. The van der Waals surface area contributed by atoms with Crippen molar-refractivity contribution in [3.63, 3.8) is 0 Å². The number of amides is 1. The Labute approximate surface area is 134 Å². The molecule has 1 aromatic heterocycles. The minimum atomic E-state index is -0.299. The number of aromatic amines is 1. The van der Waals surface area contributed by atoms with Crippen molar-refractivity contribution in [3.05, 3.63) is 65.4 Å². The fourth-order valence-electron chi connectivity index (χ4n) is 3.40. The lowest BCUT2D eigenvalue weighted by Gasteiger charge is -2.14. The number of ether oxygens (including phenoxy) is 1. The van der Waals surface area contributed by atoms with Crippen molar-refractivity contribution in [3.8, 4) is 5.75 Å². The molecule has 3 aromatic rings. The summed E-state index contributed by atoms with van der Waals surface area (Å²) in [4.78, 5) is 16.1. The van der Waals surface area contributed by atoms with Crippen molar-refractivity contribution in [2.24, 2.45) is 0 Å². The zero-order valence-corrected chi connectivity index (χ0v) is 12.9. The van der Waals surface area contributed by atoms with Crippen molar-refractivity contribution in [2.75, 3.05) is 13.7 Å². The van der Waals surface area contributed by atoms with Crippen molar-refractivity contribution >= 4 is 16.8 Å². The lowest BCUT2D eigenvalue weighted by Crippen LogP contribution is -2.29. The summed E-state index contributed by atoms with van der Waals surface area (Å²) in [5, 5.41) is 4.17. The van der Waals surface area contributed by atoms with Crippen LogP contribution in [-0.4, -0.2) is 24.5 Å². The van der Waals surface area contributed by atoms with Crippen LogP contribution in [-0.2, 0) is 11.2 Å². The van der Waals surface area contributed by atoms with Gasteiger partial charge in [0.05, 0.1) is 7.11 Å². The first-order chi connectivity index (χ1) is 11.3. The quantitative estimate of drug-likeness (QED) is 0.765. The molecular weight excluding hydrogens is 288 g/mol. The minimum Gasteiger partial charge on any atom is -0.497 e. The predicted octanol–water partition coefficient (Wildman–Crippen LogP) is 2.98. The lowest BCUT2D eigenvalue weighted by atomic mass is 9.92. The first kappa shape index (κ1) is 13.9. The largest absolute Gasteiger partial charge is 0.497 e. The van der Waals surface area contributed by atoms with Gasteiger partial charge in [-0.3, -0.25) is 4.79 Å². The van der Waals surface area contributed by atoms with E-state index in [9.17, 15) is 4.79 Å². The maximum Gasteiger partial charge on any atom is 0.233 e. The van der Waals surface area contributed by atoms with E-state index in [0.29, 0.717) is 6.54 Å². The van der Waals surface area contributed by atoms with Gasteiger partial charge in [-0.15, -0.1) is 0 Å². The van der Waals surface area contributed by atoms with Crippen molar-refractivity contribution in [1.82, 2.24) is 10.3 Å². The molecule has 116 valence electrons. The van der Waals surface area contributed by atoms with Gasteiger partial charge in [-0.05, 0) is 35.7 Å². The van der Waals surface area contributed by atoms with E-state index in [4.69, 9.17) is 4.74 Å². The standard InChI is InChI=1S/C19H18N2O2/c1-23-13-7-8-16-15(11-13)14-9-10-20-19(22)17(18(14)21-16)12-5-3-2-4-6-12/h2-8,11,17,21H,9-10H2,1H3,(H,20,22)/t17-/m1/s1. The Hall–Kier alpha value is -2.75. The highest BCUT2D eigenvalue weighted by Gasteiger charge is 2.30. The van der Waals surface area contributed by atoms with Crippen molar-refractivity contribution in [2.45, 2.75) is 12.3 Å². The topological polar surface area (TPSA) is 54.1 Å². The maximum atomic E-state index is 12.6. The Bertz CT molecular complexity index is 868. The normalized spacial score (nSPS) is 17.4. The third-order valence-electron chi connectivity index (χ3n) is 4.50. The van der Waals surface area contributed by atoms with Crippen LogP contribution in [0.3, 0.4) is 0 Å². The molecule has 0 aliphatic carbocycles. The summed E-state index contributed by atoms with van der Waals surface area (Å²) < 4.78 is 5.35. The Kier molecular flexibility index (Phi) is 3.30. The Morgan fingerprint density at radius 3 is 2.74 bits per heavy atom. The smallest absolute Gasteiger partial charge is 0.233 e. The Morgan fingerprint density at radius 1 is 1.13 bits per heavy atom. The monoisotopic (exact) mass is 306 g/mol. The van der Waals surface area contributed by atoms with Gasteiger partial charge >= 0.3 is 0 Å². The molecule has 0 fully saturated rings. The van der Waals surface area contributed by atoms with Crippen LogP contribution in [0.1, 0.15) is 22.7 Å². The van der Waals surface area contributed by atoms with Gasteiger partial charge in [0.1, 0.15) is 11.7 Å². The van der Waals surface area contributed by atoms with Crippen LogP contribution in [0.4, 0.5) is 0 Å². The molecule has 2 heterocycles. The van der Waals surface area contributed by atoms with Crippen LogP contribution in [0, 0.1) is 0 Å². The third kappa shape index (κ3) is 2.27. The van der Waals surface area contributed by atoms with E-state index in [2.05, 4.69) is 10.3 Å². The summed E-state index contributed by atoms with van der Waals surface area (Å²) in [6.07, 6.45) is 0.817. The lowest BCUT2D eigenvalue weighted by molar-refractivity contribution is -0.121. The minimum absolute atomic E-state index is 0.0495. The van der Waals surface area contributed by atoms with Gasteiger partial charge in [-0.1, -0.05) is 30.3 Å². The molecule has 1 amide bonds. The number of nitrogens with one attached hydrogen (secondary N) is 2. The van der Waals surface area contributed by atoms with E-state index in [-0.39, 0.29) is 11.8 Å². The number of rotatable bonds is 2. The molecule has 0 bridgehead atoms. The van der Waals surface area contributed by atoms with Gasteiger partial charge in [-0.25, -0.2) is 0 Å². The highest BCUT2D eigenvalue weighted by molar-refractivity contribution is 5.93. The SMILES string of the molecule is COc1ccc2[nH]c3c(c2c1)CCNC(=O)[C@@H]3c1ccccc1. The summed E-state index contributed by atoms with van der Waals surface area (Å²) in [6, 6.07) is 15.9. The van der Waals surface area contributed by atoms with E-state index in [1.165, 1.54) is 5.56 Å². The highest BCUT2D eigenvalue weighted by atomic mass is 16.5. The van der Waals surface area contributed by atoms with E-state index in [0.717, 1.165) is 34.3 Å². The van der Waals surface area contributed by atoms with Crippen LogP contribution in [0.25, 0.3) is 10.9 Å². The molecule has 1 aliphatic rings. The van der Waals surface area contributed by atoms with E-state index in [1.54, 1.807) is 7.11 Å². The first-order valence-corrected chi connectivity index (χ1v) is 7.79. The zero-order valence-electron chi connectivity index (χ0n) is 12.9. The average Bonchev–Trinajstić information content (AvgIpc) is 2.84. The Balaban J connectivity index is 1.94. The van der Waals surface area contributed by atoms with Crippen LogP contribution in [0.5, 0.6) is 5.75 Å². The number of aromatic nitrogens is 1. The maximum absolute atomic E-state index is 12.6. The van der Waals surface area contributed by atoms with Crippen LogP contribution >= 0.6 is 0 Å². The third-order valence-corrected chi connectivity index (χ3v) is 4.50. The molecule has 0 saturated carbocycles. The summed E-state index contributed by atoms with van der Waals surface area (Å²) in [5.41, 5.74) is 4.25. The molecule has 0 saturated heterocycles. The van der Waals surface area contributed by atoms with Crippen LogP contribution in [0.2, 0.25) is 0 Å². The molecule has 4 nitrogen and oxygen atoms in total. The average molecular weight is 306 g/mol. The molecule has 0 spiro atoms. The van der Waals surface area contributed by atoms with Crippen LogP contribution in [0.15, 0.2) is 48.5 Å². The number of hydrogen-bond acceptors (Lipinski definition) is 2. The van der Waals surface area contributed by atoms with E-state index < -0.39 is 0 Å². The fraction of sp³-hybridized carbons (Fsp3) is 0.211. The number of methoxy groups -OCH3 is 1. The van der Waals surface area contributed by atoms with Crippen LogP contribution < -0.4 is 10.1 Å². The van der Waals surface area contributed by atoms with Gasteiger partial charge in [0.25, 0.3) is 0 Å². The number of H-pyrrole nitrogens is 1. The predicted molar refractivity (Wildman–Crippen MR) is 89.8 cm³/mol. The second kappa shape index (κ2) is 5.47. The number of benzene rings is 2. The summed E-state index contributed by atoms with van der Waals surface area (Å²) in [5.74, 6) is 0.583. The highest BCUT2D eigenvalue weighted by Crippen LogP contribution is 2.35. The van der Waals surface area contributed by atoms with Gasteiger partial charge in [0, 0.05) is 23.1 Å². The Morgan fingerprint density at radius 2 is 1.96 bits per heavy atom. The molecule has 2 N–H and O–H groups in total. The second-order valence-electron chi connectivity index (χ2n) is 5.81. The van der Waals surface area contributed by atoms with E-state index in [1.807, 2.05) is 48.5 Å². The number of carbonyl (C=O) groups is 1. The number of carbonyl (C=O) groups excluding carboxylic acids is 1. The summed E-state index contributed by atoms with van der Waals surface area (Å²) in [6.45, 7) is 0.652. The first-order valence-electron chi connectivity index (χ1n) is 7.79. The summed E-state index contributed by atoms with van der Waals surface area (Å²) in [7, 11) is 1.67. The van der Waals surface area contributed by atoms with Crippen molar-refractivity contribution < 1.29 is 9.53 Å².